The van der Waals surface area contributed by atoms with Gasteiger partial charge in [-0.25, -0.2) is 8.42 Å². The fourth-order valence-electron chi connectivity index (χ4n) is 3.42. The number of ether oxygens (including phenoxy) is 1. The molecule has 1 amide bonds. The molecule has 1 aliphatic heterocycles. The molecule has 1 aliphatic rings. The first-order valence-electron chi connectivity index (χ1n) is 10.1. The predicted molar refractivity (Wildman–Crippen MR) is 123 cm³/mol. The Labute approximate surface area is 191 Å². The quantitative estimate of drug-likeness (QED) is 0.431. The Morgan fingerprint density at radius 1 is 1.19 bits per heavy atom. The van der Waals surface area contributed by atoms with Crippen LogP contribution >= 0.6 is 11.8 Å². The van der Waals surface area contributed by atoms with E-state index < -0.39 is 14.9 Å². The van der Waals surface area contributed by atoms with Gasteiger partial charge in [-0.1, -0.05) is 18.6 Å². The van der Waals surface area contributed by atoms with Crippen LogP contribution in [0.25, 0.3) is 0 Å². The lowest BCUT2D eigenvalue weighted by atomic mass is 10.2. The molecule has 0 atom stereocenters. The Kier molecular flexibility index (Phi) is 8.10. The van der Waals surface area contributed by atoms with Crippen molar-refractivity contribution in [2.45, 2.75) is 29.9 Å². The second-order valence-corrected chi connectivity index (χ2v) is 10.2. The summed E-state index contributed by atoms with van der Waals surface area (Å²) in [6, 6.07) is 10.9. The van der Waals surface area contributed by atoms with Crippen LogP contribution in [0.2, 0.25) is 0 Å². The number of carbonyl (C=O) groups excluding carboxylic acids is 1. The van der Waals surface area contributed by atoms with E-state index in [0.717, 1.165) is 19.3 Å². The summed E-state index contributed by atoms with van der Waals surface area (Å²) in [5.74, 6) is 0.413. The fourth-order valence-corrected chi connectivity index (χ4v) is 5.75. The maximum absolute atomic E-state index is 12.8. The zero-order valence-corrected chi connectivity index (χ0v) is 19.3. The zero-order chi connectivity index (χ0) is 23.1. The van der Waals surface area contributed by atoms with E-state index in [1.54, 1.807) is 18.2 Å². The summed E-state index contributed by atoms with van der Waals surface area (Å²) in [6.45, 7) is 1.03. The third-order valence-corrected chi connectivity index (χ3v) is 7.91. The van der Waals surface area contributed by atoms with Crippen molar-refractivity contribution in [1.82, 2.24) is 4.31 Å². The van der Waals surface area contributed by atoms with Crippen molar-refractivity contribution in [3.8, 4) is 5.75 Å². The lowest BCUT2D eigenvalue weighted by Crippen LogP contribution is -2.35. The molecule has 0 saturated carbocycles. The lowest BCUT2D eigenvalue weighted by molar-refractivity contribution is -0.385. The molecule has 172 valence electrons. The third-order valence-electron chi connectivity index (χ3n) is 5.01. The Morgan fingerprint density at radius 3 is 2.62 bits per heavy atom. The van der Waals surface area contributed by atoms with Gasteiger partial charge in [0.15, 0.2) is 5.75 Å². The number of thioether (sulfide) groups is 1. The maximum Gasteiger partial charge on any atom is 0.311 e. The molecule has 3 rings (SSSR count). The number of anilines is 1. The van der Waals surface area contributed by atoms with Crippen LogP contribution in [0.3, 0.4) is 0 Å². The molecule has 1 heterocycles. The van der Waals surface area contributed by atoms with Gasteiger partial charge in [0.05, 0.1) is 22.7 Å². The van der Waals surface area contributed by atoms with Crippen molar-refractivity contribution in [2.75, 3.05) is 31.3 Å². The molecule has 0 aliphatic carbocycles. The summed E-state index contributed by atoms with van der Waals surface area (Å²) in [5, 5.41) is 13.8. The molecule has 2 aromatic carbocycles. The molecule has 1 saturated heterocycles. The van der Waals surface area contributed by atoms with Gasteiger partial charge in [0, 0.05) is 30.6 Å². The summed E-state index contributed by atoms with van der Waals surface area (Å²) >= 11 is 1.30. The summed E-state index contributed by atoms with van der Waals surface area (Å²) in [6.07, 6.45) is 2.73. The van der Waals surface area contributed by atoms with E-state index in [2.05, 4.69) is 5.32 Å². The van der Waals surface area contributed by atoms with E-state index in [1.807, 2.05) is 0 Å². The van der Waals surface area contributed by atoms with E-state index in [4.69, 9.17) is 4.74 Å². The monoisotopic (exact) mass is 479 g/mol. The number of amides is 1. The van der Waals surface area contributed by atoms with Gasteiger partial charge in [0.25, 0.3) is 0 Å². The highest BCUT2D eigenvalue weighted by Crippen LogP contribution is 2.29. The standard InChI is InChI=1S/C21H25N3O6S2/c1-30-20-9-8-16(12-19(20)24(26)27)14-31-15-21(25)22-17-6-5-7-18(13-17)32(28,29)23-10-3-2-4-11-23/h5-9,12-13H,2-4,10-11,14-15H2,1H3,(H,22,25). The average Bonchev–Trinajstić information content (AvgIpc) is 2.79. The molecule has 0 aromatic heterocycles. The highest BCUT2D eigenvalue weighted by molar-refractivity contribution is 7.99. The van der Waals surface area contributed by atoms with Gasteiger partial charge in [-0.15, -0.1) is 11.8 Å². The summed E-state index contributed by atoms with van der Waals surface area (Å²) < 4.78 is 32.1. The Bertz CT molecular complexity index is 1080. The fraction of sp³-hybridized carbons (Fsp3) is 0.381. The number of nitro benzene ring substituents is 1. The first-order valence-corrected chi connectivity index (χ1v) is 12.7. The van der Waals surface area contributed by atoms with E-state index in [0.29, 0.717) is 30.1 Å². The Balaban J connectivity index is 1.57. The molecule has 0 radical (unpaired) electrons. The number of benzene rings is 2. The average molecular weight is 480 g/mol. The van der Waals surface area contributed by atoms with E-state index in [9.17, 15) is 23.3 Å². The molecule has 0 unspecified atom stereocenters. The van der Waals surface area contributed by atoms with E-state index in [-0.39, 0.29) is 28.0 Å². The van der Waals surface area contributed by atoms with Gasteiger partial charge >= 0.3 is 5.69 Å². The highest BCUT2D eigenvalue weighted by Gasteiger charge is 2.26. The summed E-state index contributed by atoms with van der Waals surface area (Å²) in [4.78, 5) is 23.1. The number of rotatable bonds is 9. The topological polar surface area (TPSA) is 119 Å². The predicted octanol–water partition coefficient (Wildman–Crippen LogP) is 3.65. The van der Waals surface area contributed by atoms with Crippen LogP contribution in [0.5, 0.6) is 5.75 Å². The summed E-state index contributed by atoms with van der Waals surface area (Å²) in [7, 11) is -2.21. The number of nitrogens with zero attached hydrogens (tertiary/aromatic N) is 2. The van der Waals surface area contributed by atoms with Crippen LogP contribution in [0.4, 0.5) is 11.4 Å². The van der Waals surface area contributed by atoms with Gasteiger partial charge < -0.3 is 10.1 Å². The SMILES string of the molecule is COc1ccc(CSCC(=O)Nc2cccc(S(=O)(=O)N3CCCCC3)c2)cc1[N+](=O)[O-]. The molecular weight excluding hydrogens is 454 g/mol. The number of methoxy groups -OCH3 is 1. The maximum atomic E-state index is 12.8. The molecule has 1 fully saturated rings. The molecule has 9 nitrogen and oxygen atoms in total. The van der Waals surface area contributed by atoms with Gasteiger partial charge in [-0.05, 0) is 42.7 Å². The number of carbonyl (C=O) groups is 1. The second-order valence-electron chi connectivity index (χ2n) is 7.30. The molecule has 2 aromatic rings. The van der Waals surface area contributed by atoms with Crippen molar-refractivity contribution < 1.29 is 22.9 Å². The molecule has 11 heteroatoms. The third kappa shape index (κ3) is 5.99. The number of sulfonamides is 1. The highest BCUT2D eigenvalue weighted by atomic mass is 32.2. The number of piperidine rings is 1. The van der Waals surface area contributed by atoms with Crippen LogP contribution in [0.1, 0.15) is 24.8 Å². The molecule has 1 N–H and O–H groups in total. The van der Waals surface area contributed by atoms with Crippen LogP contribution in [-0.4, -0.2) is 49.5 Å². The van der Waals surface area contributed by atoms with Gasteiger partial charge in [0.1, 0.15) is 0 Å². The smallest absolute Gasteiger partial charge is 0.311 e. The normalized spacial score (nSPS) is 14.7. The summed E-state index contributed by atoms with van der Waals surface area (Å²) in [5.41, 5.74) is 0.987. The molecule has 32 heavy (non-hydrogen) atoms. The van der Waals surface area contributed by atoms with E-state index >= 15 is 0 Å². The second kappa shape index (κ2) is 10.8. The van der Waals surface area contributed by atoms with Gasteiger partial charge in [0.2, 0.25) is 15.9 Å². The first kappa shape index (κ1) is 24.0. The Hall–Kier alpha value is -2.63. The minimum Gasteiger partial charge on any atom is -0.490 e. The number of nitrogens with one attached hydrogen (secondary N) is 1. The van der Waals surface area contributed by atoms with Crippen LogP contribution < -0.4 is 10.1 Å². The lowest BCUT2D eigenvalue weighted by Gasteiger charge is -2.26. The van der Waals surface area contributed by atoms with Gasteiger partial charge in [-0.3, -0.25) is 14.9 Å². The number of hydrogen-bond acceptors (Lipinski definition) is 7. The van der Waals surface area contributed by atoms with Crippen molar-refractivity contribution in [2.24, 2.45) is 0 Å². The van der Waals surface area contributed by atoms with Crippen LogP contribution in [0, 0.1) is 10.1 Å². The minimum atomic E-state index is -3.58. The van der Waals surface area contributed by atoms with Crippen molar-refractivity contribution in [1.29, 1.82) is 0 Å². The minimum absolute atomic E-state index is 0.114. The van der Waals surface area contributed by atoms with Gasteiger partial charge in [-0.2, -0.15) is 4.31 Å². The Morgan fingerprint density at radius 2 is 1.94 bits per heavy atom. The van der Waals surface area contributed by atoms with E-state index in [1.165, 1.54) is 47.4 Å². The van der Waals surface area contributed by atoms with Crippen LogP contribution in [-0.2, 0) is 20.6 Å². The van der Waals surface area contributed by atoms with Crippen molar-refractivity contribution in [3.05, 3.63) is 58.1 Å². The van der Waals surface area contributed by atoms with Crippen molar-refractivity contribution in [3.63, 3.8) is 0 Å². The molecule has 0 spiro atoms. The first-order chi connectivity index (χ1) is 15.3. The molecular formula is C21H25N3O6S2. The number of hydrogen-bond donors (Lipinski definition) is 1. The zero-order valence-electron chi connectivity index (χ0n) is 17.7. The van der Waals surface area contributed by atoms with Crippen LogP contribution in [0.15, 0.2) is 47.4 Å². The van der Waals surface area contributed by atoms with Crippen molar-refractivity contribution >= 4 is 39.1 Å². The molecule has 0 bridgehead atoms. The largest absolute Gasteiger partial charge is 0.490 e. The number of nitro groups is 1.